The number of rotatable bonds is 2. The van der Waals surface area contributed by atoms with Gasteiger partial charge in [-0.05, 0) is 31.3 Å². The van der Waals surface area contributed by atoms with Crippen molar-refractivity contribution < 1.29 is 14.3 Å². The Morgan fingerprint density at radius 1 is 1.22 bits per heavy atom. The van der Waals surface area contributed by atoms with E-state index in [1.807, 2.05) is 36.1 Å². The van der Waals surface area contributed by atoms with Gasteiger partial charge in [0.05, 0.1) is 0 Å². The molecule has 0 aliphatic carbocycles. The van der Waals surface area contributed by atoms with Gasteiger partial charge in [-0.3, -0.25) is 4.79 Å². The van der Waals surface area contributed by atoms with E-state index < -0.39 is 6.10 Å². The smallest absolute Gasteiger partial charge is 0.267 e. The van der Waals surface area contributed by atoms with Crippen LogP contribution in [-0.2, 0) is 4.79 Å². The summed E-state index contributed by atoms with van der Waals surface area (Å²) in [5.41, 5.74) is 0. The van der Waals surface area contributed by atoms with Gasteiger partial charge in [0.25, 0.3) is 5.91 Å². The molecule has 7 heteroatoms. The normalized spacial score (nSPS) is 20.1. The van der Waals surface area contributed by atoms with Crippen molar-refractivity contribution in [2.75, 3.05) is 39.3 Å². The Bertz CT molecular complexity index is 588. The van der Waals surface area contributed by atoms with Gasteiger partial charge in [-0.1, -0.05) is 12.1 Å². The molecule has 1 unspecified atom stereocenters. The van der Waals surface area contributed by atoms with Crippen LogP contribution < -0.4 is 14.8 Å². The number of piperazine rings is 1. The number of hydrogen-bond acceptors (Lipinski definition) is 4. The van der Waals surface area contributed by atoms with Crippen LogP contribution in [0.3, 0.4) is 0 Å². The van der Waals surface area contributed by atoms with Crippen LogP contribution >= 0.6 is 12.2 Å². The second-order valence-electron chi connectivity index (χ2n) is 5.51. The third-order valence-corrected chi connectivity index (χ3v) is 4.39. The molecular formula is C16H21N3O3S. The zero-order chi connectivity index (χ0) is 16.2. The highest BCUT2D eigenvalue weighted by molar-refractivity contribution is 7.80. The zero-order valence-corrected chi connectivity index (χ0v) is 14.0. The highest BCUT2D eigenvalue weighted by Gasteiger charge is 2.32. The fourth-order valence-corrected chi connectivity index (χ4v) is 3.06. The molecule has 0 radical (unpaired) electrons. The SMILES string of the molecule is CCNC(=S)N1CCN(C(=O)C2COc3ccccc3O2)CC1. The van der Waals surface area contributed by atoms with E-state index in [0.717, 1.165) is 24.7 Å². The summed E-state index contributed by atoms with van der Waals surface area (Å²) in [5.74, 6) is 1.30. The number of fused-ring (bicyclic) bond motifs is 1. The first-order valence-corrected chi connectivity index (χ1v) is 8.30. The van der Waals surface area contributed by atoms with E-state index in [0.29, 0.717) is 24.6 Å². The molecule has 1 atom stereocenters. The molecule has 1 aromatic rings. The highest BCUT2D eigenvalue weighted by atomic mass is 32.1. The molecule has 1 N–H and O–H groups in total. The molecule has 0 bridgehead atoms. The molecular weight excluding hydrogens is 314 g/mol. The second-order valence-corrected chi connectivity index (χ2v) is 5.90. The summed E-state index contributed by atoms with van der Waals surface area (Å²) in [7, 11) is 0. The molecule has 23 heavy (non-hydrogen) atoms. The van der Waals surface area contributed by atoms with Gasteiger partial charge < -0.3 is 24.6 Å². The van der Waals surface area contributed by atoms with Crippen molar-refractivity contribution in [3.63, 3.8) is 0 Å². The average Bonchev–Trinajstić information content (AvgIpc) is 2.61. The maximum Gasteiger partial charge on any atom is 0.267 e. The minimum absolute atomic E-state index is 0.0199. The fraction of sp³-hybridized carbons (Fsp3) is 0.500. The summed E-state index contributed by atoms with van der Waals surface area (Å²) in [6.45, 7) is 5.85. The number of nitrogens with zero attached hydrogens (tertiary/aromatic N) is 2. The van der Waals surface area contributed by atoms with Gasteiger partial charge >= 0.3 is 0 Å². The van der Waals surface area contributed by atoms with E-state index in [2.05, 4.69) is 10.2 Å². The molecule has 0 aromatic heterocycles. The molecule has 1 amide bonds. The summed E-state index contributed by atoms with van der Waals surface area (Å²) < 4.78 is 11.4. The Kier molecular flexibility index (Phi) is 4.85. The predicted molar refractivity (Wildman–Crippen MR) is 90.8 cm³/mol. The predicted octanol–water partition coefficient (Wildman–Crippen LogP) is 0.865. The number of amides is 1. The number of ether oxygens (including phenoxy) is 2. The molecule has 2 aliphatic rings. The van der Waals surface area contributed by atoms with Crippen LogP contribution in [0.2, 0.25) is 0 Å². The summed E-state index contributed by atoms with van der Waals surface area (Å²) in [4.78, 5) is 16.5. The number of para-hydroxylation sites is 2. The maximum atomic E-state index is 12.6. The van der Waals surface area contributed by atoms with Gasteiger partial charge in [0.1, 0.15) is 6.61 Å². The lowest BCUT2D eigenvalue weighted by molar-refractivity contribution is -0.142. The van der Waals surface area contributed by atoms with Crippen molar-refractivity contribution in [3.8, 4) is 11.5 Å². The number of hydrogen-bond donors (Lipinski definition) is 1. The van der Waals surface area contributed by atoms with Crippen LogP contribution in [0.5, 0.6) is 11.5 Å². The van der Waals surface area contributed by atoms with Crippen molar-refractivity contribution >= 4 is 23.2 Å². The Morgan fingerprint density at radius 3 is 2.57 bits per heavy atom. The van der Waals surface area contributed by atoms with Crippen LogP contribution in [0.15, 0.2) is 24.3 Å². The van der Waals surface area contributed by atoms with Gasteiger partial charge in [-0.25, -0.2) is 0 Å². The molecule has 1 aromatic carbocycles. The quantitative estimate of drug-likeness (QED) is 0.810. The topological polar surface area (TPSA) is 54.0 Å². The lowest BCUT2D eigenvalue weighted by Gasteiger charge is -2.38. The van der Waals surface area contributed by atoms with Gasteiger partial charge in [0.15, 0.2) is 16.6 Å². The fourth-order valence-electron chi connectivity index (χ4n) is 2.74. The Morgan fingerprint density at radius 2 is 1.87 bits per heavy atom. The molecule has 2 heterocycles. The van der Waals surface area contributed by atoms with Crippen molar-refractivity contribution in [1.29, 1.82) is 0 Å². The number of nitrogens with one attached hydrogen (secondary N) is 1. The zero-order valence-electron chi connectivity index (χ0n) is 13.2. The van der Waals surface area contributed by atoms with E-state index in [-0.39, 0.29) is 12.5 Å². The molecule has 1 fully saturated rings. The number of benzene rings is 1. The minimum atomic E-state index is -0.572. The largest absolute Gasteiger partial charge is 0.485 e. The lowest BCUT2D eigenvalue weighted by atomic mass is 10.2. The van der Waals surface area contributed by atoms with Crippen LogP contribution in [0.25, 0.3) is 0 Å². The van der Waals surface area contributed by atoms with Gasteiger partial charge in [0.2, 0.25) is 6.10 Å². The highest BCUT2D eigenvalue weighted by Crippen LogP contribution is 2.31. The molecule has 124 valence electrons. The van der Waals surface area contributed by atoms with Crippen molar-refractivity contribution in [3.05, 3.63) is 24.3 Å². The molecule has 2 aliphatic heterocycles. The van der Waals surface area contributed by atoms with Crippen molar-refractivity contribution in [2.24, 2.45) is 0 Å². The monoisotopic (exact) mass is 335 g/mol. The van der Waals surface area contributed by atoms with Crippen molar-refractivity contribution in [1.82, 2.24) is 15.1 Å². The summed E-state index contributed by atoms with van der Waals surface area (Å²) in [6, 6.07) is 7.42. The summed E-state index contributed by atoms with van der Waals surface area (Å²) in [6.07, 6.45) is -0.572. The maximum absolute atomic E-state index is 12.6. The number of carbonyl (C=O) groups is 1. The number of thiocarbonyl (C=S) groups is 1. The molecule has 0 spiro atoms. The summed E-state index contributed by atoms with van der Waals surface area (Å²) >= 11 is 5.31. The first kappa shape index (κ1) is 15.9. The van der Waals surface area contributed by atoms with E-state index in [4.69, 9.17) is 21.7 Å². The van der Waals surface area contributed by atoms with E-state index >= 15 is 0 Å². The Hall–Kier alpha value is -2.02. The van der Waals surface area contributed by atoms with E-state index in [9.17, 15) is 4.79 Å². The standard InChI is InChI=1S/C16H21N3O3S/c1-2-17-16(23)19-9-7-18(8-10-19)15(20)14-11-21-12-5-3-4-6-13(12)22-14/h3-6,14H,2,7-11H2,1H3,(H,17,23). The minimum Gasteiger partial charge on any atom is -0.485 e. The van der Waals surface area contributed by atoms with Crippen LogP contribution in [0.1, 0.15) is 6.92 Å². The van der Waals surface area contributed by atoms with Crippen LogP contribution in [0.4, 0.5) is 0 Å². The van der Waals surface area contributed by atoms with Gasteiger partial charge in [-0.2, -0.15) is 0 Å². The van der Waals surface area contributed by atoms with Crippen LogP contribution in [-0.4, -0.2) is 66.3 Å². The van der Waals surface area contributed by atoms with E-state index in [1.165, 1.54) is 0 Å². The second kappa shape index (κ2) is 7.04. The van der Waals surface area contributed by atoms with Crippen molar-refractivity contribution in [2.45, 2.75) is 13.0 Å². The molecule has 3 rings (SSSR count). The first-order chi connectivity index (χ1) is 11.2. The molecule has 1 saturated heterocycles. The Balaban J connectivity index is 1.55. The summed E-state index contributed by atoms with van der Waals surface area (Å²) in [5, 5.41) is 3.90. The number of carbonyl (C=O) groups excluding carboxylic acids is 1. The van der Waals surface area contributed by atoms with E-state index in [1.54, 1.807) is 0 Å². The van der Waals surface area contributed by atoms with Gasteiger partial charge in [0, 0.05) is 32.7 Å². The first-order valence-electron chi connectivity index (χ1n) is 7.89. The molecule has 6 nitrogen and oxygen atoms in total. The lowest BCUT2D eigenvalue weighted by Crippen LogP contribution is -2.56. The Labute approximate surface area is 141 Å². The third kappa shape index (κ3) is 3.50. The third-order valence-electron chi connectivity index (χ3n) is 3.99. The van der Waals surface area contributed by atoms with Crippen LogP contribution in [0, 0.1) is 0 Å². The van der Waals surface area contributed by atoms with Gasteiger partial charge in [-0.15, -0.1) is 0 Å². The molecule has 0 saturated carbocycles. The average molecular weight is 335 g/mol.